The van der Waals surface area contributed by atoms with Crippen LogP contribution < -0.4 is 15.0 Å². The molecule has 0 spiro atoms. The minimum absolute atomic E-state index is 0.103. The van der Waals surface area contributed by atoms with E-state index in [0.29, 0.717) is 23.1 Å². The Labute approximate surface area is 335 Å². The number of piperazine rings is 1. The zero-order chi connectivity index (χ0) is 39.3. The van der Waals surface area contributed by atoms with Gasteiger partial charge in [0.1, 0.15) is 12.1 Å². The van der Waals surface area contributed by atoms with Gasteiger partial charge >= 0.3 is 0 Å². The third-order valence-corrected chi connectivity index (χ3v) is 12.6. The largest absolute Gasteiger partial charge is 0.474 e. The highest BCUT2D eigenvalue weighted by molar-refractivity contribution is 6.23. The Balaban J connectivity index is 0.628. The number of aromatic amines is 1. The number of hydrogen-bond acceptors (Lipinski definition) is 11. The summed E-state index contributed by atoms with van der Waals surface area (Å²) < 4.78 is 12.7. The van der Waals surface area contributed by atoms with Gasteiger partial charge in [-0.2, -0.15) is 0 Å². The van der Waals surface area contributed by atoms with Crippen molar-refractivity contribution in [2.24, 2.45) is 0 Å². The van der Waals surface area contributed by atoms with Gasteiger partial charge in [0.25, 0.3) is 11.8 Å². The van der Waals surface area contributed by atoms with Gasteiger partial charge in [-0.3, -0.25) is 39.3 Å². The number of likely N-dealkylation sites (tertiary alicyclic amines) is 1. The number of fused-ring (bicyclic) bond motifs is 4. The zero-order valence-electron chi connectivity index (χ0n) is 32.3. The maximum absolute atomic E-state index is 13.3. The number of amides is 4. The first-order chi connectivity index (χ1) is 28.3. The summed E-state index contributed by atoms with van der Waals surface area (Å²) in [6, 6.07) is 16.8. The van der Waals surface area contributed by atoms with Crippen LogP contribution in [0.25, 0.3) is 32.9 Å². The molecule has 3 saturated heterocycles. The van der Waals surface area contributed by atoms with Crippen LogP contribution in [0, 0.1) is 0 Å². The molecule has 1 saturated carbocycles. The topological polar surface area (TPSA) is 153 Å². The van der Waals surface area contributed by atoms with E-state index in [0.717, 1.165) is 122 Å². The van der Waals surface area contributed by atoms with Crippen molar-refractivity contribution in [2.45, 2.75) is 62.9 Å². The van der Waals surface area contributed by atoms with Crippen molar-refractivity contribution in [3.63, 3.8) is 0 Å². The van der Waals surface area contributed by atoms with Crippen LogP contribution in [0.2, 0.25) is 0 Å². The van der Waals surface area contributed by atoms with Crippen LogP contribution in [0.1, 0.15) is 59.2 Å². The van der Waals surface area contributed by atoms with Crippen LogP contribution in [0.3, 0.4) is 0 Å². The third kappa shape index (κ3) is 7.09. The van der Waals surface area contributed by atoms with Crippen LogP contribution in [0.15, 0.2) is 73.2 Å². The normalized spacial score (nSPS) is 23.4. The Kier molecular flexibility index (Phi) is 9.62. The number of rotatable bonds is 10. The van der Waals surface area contributed by atoms with Gasteiger partial charge in [-0.25, -0.2) is 4.98 Å². The monoisotopic (exact) mass is 782 g/mol. The van der Waals surface area contributed by atoms with Crippen LogP contribution in [0.4, 0.5) is 5.69 Å². The van der Waals surface area contributed by atoms with Gasteiger partial charge in [-0.15, -0.1) is 0 Å². The number of aromatic nitrogens is 3. The van der Waals surface area contributed by atoms with Crippen LogP contribution in [0.5, 0.6) is 5.88 Å². The van der Waals surface area contributed by atoms with Crippen LogP contribution in [-0.4, -0.2) is 130 Å². The molecule has 14 heteroatoms. The lowest BCUT2D eigenvalue weighted by Gasteiger charge is -2.40. The summed E-state index contributed by atoms with van der Waals surface area (Å²) in [5, 5.41) is 4.54. The molecule has 7 heterocycles. The smallest absolute Gasteiger partial charge is 0.262 e. The number of carbonyl (C=O) groups excluding carboxylic acids is 4. The molecule has 10 rings (SSSR count). The van der Waals surface area contributed by atoms with Crippen molar-refractivity contribution in [1.82, 2.24) is 35.0 Å². The first kappa shape index (κ1) is 36.6. The number of piperidine rings is 2. The summed E-state index contributed by atoms with van der Waals surface area (Å²) in [4.78, 5) is 71.1. The van der Waals surface area contributed by atoms with Crippen molar-refractivity contribution in [2.75, 3.05) is 57.3 Å². The molecule has 0 bridgehead atoms. The third-order valence-electron chi connectivity index (χ3n) is 12.6. The maximum Gasteiger partial charge on any atom is 0.262 e. The van der Waals surface area contributed by atoms with E-state index in [9.17, 15) is 19.2 Å². The molecule has 1 atom stereocenters. The van der Waals surface area contributed by atoms with Crippen molar-refractivity contribution < 1.29 is 28.7 Å². The predicted octanol–water partition coefficient (Wildman–Crippen LogP) is 4.39. The van der Waals surface area contributed by atoms with E-state index >= 15 is 0 Å². The van der Waals surface area contributed by atoms with Gasteiger partial charge in [-0.1, -0.05) is 12.1 Å². The molecule has 1 aliphatic carbocycles. The average Bonchev–Trinajstić information content (AvgIpc) is 3.73. The molecule has 4 aliphatic heterocycles. The Bertz CT molecular complexity index is 2390. The van der Waals surface area contributed by atoms with Gasteiger partial charge < -0.3 is 24.3 Å². The van der Waals surface area contributed by atoms with Gasteiger partial charge in [-0.05, 0) is 61.2 Å². The predicted molar refractivity (Wildman–Crippen MR) is 217 cm³/mol. The molecule has 298 valence electrons. The molecule has 0 radical (unpaired) electrons. The van der Waals surface area contributed by atoms with Crippen molar-refractivity contribution in [3.05, 3.63) is 84.3 Å². The fourth-order valence-electron chi connectivity index (χ4n) is 9.15. The SMILES string of the molecule is O=C1CCC(N2C(=O)c3ccc(N4CCN(CCN5CCC(O[C@H]6C[C@H](Oc7ccc(-c8ccc9c(c8)[nH]c8ccncc89)cn7)C6)CC5)CC4)cc3C2=O)C(=O)N1. The van der Waals surface area contributed by atoms with Crippen molar-refractivity contribution >= 4 is 51.1 Å². The summed E-state index contributed by atoms with van der Waals surface area (Å²) in [6.45, 7) is 7.58. The number of hydrogen-bond donors (Lipinski definition) is 2. The van der Waals surface area contributed by atoms with E-state index in [-0.39, 0.29) is 31.0 Å². The second-order valence-corrected chi connectivity index (χ2v) is 16.2. The van der Waals surface area contributed by atoms with E-state index < -0.39 is 23.8 Å². The Morgan fingerprint density at radius 1 is 0.690 bits per heavy atom. The number of anilines is 1. The molecule has 58 heavy (non-hydrogen) atoms. The highest BCUT2D eigenvalue weighted by Crippen LogP contribution is 2.34. The number of nitrogens with zero attached hydrogens (tertiary/aromatic N) is 6. The summed E-state index contributed by atoms with van der Waals surface area (Å²) in [5.74, 6) is -1.28. The summed E-state index contributed by atoms with van der Waals surface area (Å²) in [6.07, 6.45) is 10.4. The average molecular weight is 783 g/mol. The van der Waals surface area contributed by atoms with Gasteiger partial charge in [0.2, 0.25) is 17.7 Å². The molecule has 5 aliphatic rings. The van der Waals surface area contributed by atoms with E-state index in [2.05, 4.69) is 59.2 Å². The first-order valence-corrected chi connectivity index (χ1v) is 20.5. The molecular weight excluding hydrogens is 737 g/mol. The Morgan fingerprint density at radius 2 is 1.47 bits per heavy atom. The zero-order valence-corrected chi connectivity index (χ0v) is 32.3. The van der Waals surface area contributed by atoms with E-state index in [1.165, 1.54) is 0 Å². The standard InChI is InChI=1S/C44H46N8O6/c53-40-7-6-39(42(54)48-40)52-43(55)34-5-3-29(22-35(34)44(52)56)51-19-17-50(18-20-51)16-15-49-13-10-30(11-14-49)57-31-23-32(24-31)58-41-8-2-28(25-46-41)27-1-4-33-36-26-45-12-9-37(36)47-38(33)21-27/h1-5,8-9,12,21-22,25-26,30-32,39,47H,6-7,10-11,13-20,23-24H2,(H,48,53,54)/t31-,32-,39?. The minimum Gasteiger partial charge on any atom is -0.474 e. The fraction of sp³-hybridized carbons (Fsp3) is 0.409. The molecule has 2 N–H and O–H groups in total. The maximum atomic E-state index is 13.3. The lowest BCUT2D eigenvalue weighted by molar-refractivity contribution is -0.136. The lowest BCUT2D eigenvalue weighted by atomic mass is 9.91. The lowest BCUT2D eigenvalue weighted by Crippen LogP contribution is -2.54. The van der Waals surface area contributed by atoms with E-state index in [1.807, 2.05) is 30.6 Å². The van der Waals surface area contributed by atoms with Crippen LogP contribution >= 0.6 is 0 Å². The number of imide groups is 2. The Hall–Kier alpha value is -5.70. The minimum atomic E-state index is -0.959. The molecule has 2 aromatic carbocycles. The molecule has 14 nitrogen and oxygen atoms in total. The summed E-state index contributed by atoms with van der Waals surface area (Å²) >= 11 is 0. The van der Waals surface area contributed by atoms with E-state index in [4.69, 9.17) is 9.47 Å². The molecule has 3 aromatic heterocycles. The van der Waals surface area contributed by atoms with Crippen molar-refractivity contribution in [3.8, 4) is 17.0 Å². The van der Waals surface area contributed by atoms with Gasteiger partial charge in [0, 0.05) is 129 Å². The highest BCUT2D eigenvalue weighted by atomic mass is 16.5. The second kappa shape index (κ2) is 15.2. The number of pyridine rings is 2. The first-order valence-electron chi connectivity index (χ1n) is 20.5. The summed E-state index contributed by atoms with van der Waals surface area (Å²) in [7, 11) is 0. The van der Waals surface area contributed by atoms with E-state index in [1.54, 1.807) is 18.3 Å². The number of nitrogens with one attached hydrogen (secondary N) is 2. The molecule has 5 aromatic rings. The molecule has 1 unspecified atom stereocenters. The van der Waals surface area contributed by atoms with Crippen LogP contribution in [-0.2, 0) is 14.3 Å². The highest BCUT2D eigenvalue weighted by Gasteiger charge is 2.45. The second-order valence-electron chi connectivity index (χ2n) is 16.2. The molecular formula is C44H46N8O6. The summed E-state index contributed by atoms with van der Waals surface area (Å²) in [5.41, 5.74) is 5.84. The fourth-order valence-corrected chi connectivity index (χ4v) is 9.15. The van der Waals surface area contributed by atoms with Gasteiger partial charge in [0.15, 0.2) is 0 Å². The Morgan fingerprint density at radius 3 is 2.24 bits per heavy atom. The molecule has 4 fully saturated rings. The number of ether oxygens (including phenoxy) is 2. The number of carbonyl (C=O) groups is 4. The van der Waals surface area contributed by atoms with Gasteiger partial charge in [0.05, 0.1) is 23.3 Å². The quantitative estimate of drug-likeness (QED) is 0.194. The van der Waals surface area contributed by atoms with Crippen molar-refractivity contribution in [1.29, 1.82) is 0 Å². The molecule has 4 amide bonds. The number of H-pyrrole nitrogens is 1. The number of benzene rings is 2.